The molecule has 3 N–H and O–H groups in total. The molecule has 0 bridgehead atoms. The van der Waals surface area contributed by atoms with E-state index < -0.39 is 5.97 Å². The monoisotopic (exact) mass is 290 g/mol. The zero-order valence-electron chi connectivity index (χ0n) is 10.2. The summed E-state index contributed by atoms with van der Waals surface area (Å²) in [5.41, 5.74) is -0.338. The van der Waals surface area contributed by atoms with Gasteiger partial charge in [0, 0.05) is 5.54 Å². The van der Waals surface area contributed by atoms with Gasteiger partial charge in [-0.15, -0.1) is 10.2 Å². The lowest BCUT2D eigenvalue weighted by molar-refractivity contribution is -0.133. The Kier molecular flexibility index (Phi) is 4.91. The second kappa shape index (κ2) is 6.01. The fourth-order valence-electron chi connectivity index (χ4n) is 0.911. The number of carbonyl (C=O) groups excluding carboxylic acids is 1. The molecular formula is C9H14N4O3S2. The van der Waals surface area contributed by atoms with Crippen molar-refractivity contribution in [3.8, 4) is 0 Å². The highest BCUT2D eigenvalue weighted by Crippen LogP contribution is 2.25. The second-order valence-corrected chi connectivity index (χ2v) is 6.58. The van der Waals surface area contributed by atoms with E-state index in [9.17, 15) is 9.59 Å². The van der Waals surface area contributed by atoms with Gasteiger partial charge in [-0.2, -0.15) is 0 Å². The van der Waals surface area contributed by atoms with Crippen molar-refractivity contribution in [2.24, 2.45) is 0 Å². The van der Waals surface area contributed by atoms with Crippen LogP contribution >= 0.6 is 23.1 Å². The van der Waals surface area contributed by atoms with Crippen LogP contribution in [0.3, 0.4) is 0 Å². The molecule has 1 rings (SSSR count). The Bertz CT molecular complexity index is 441. The first-order valence-electron chi connectivity index (χ1n) is 5.03. The molecule has 0 radical (unpaired) electrons. The van der Waals surface area contributed by atoms with Gasteiger partial charge in [0.25, 0.3) is 0 Å². The SMILES string of the molecule is CC(C)(C)NC(=O)Nc1nnc(SCC(=O)O)s1. The van der Waals surface area contributed by atoms with Gasteiger partial charge in [0.15, 0.2) is 4.34 Å². The molecule has 0 fully saturated rings. The number of nitrogens with one attached hydrogen (secondary N) is 2. The third kappa shape index (κ3) is 5.82. The molecule has 1 aromatic rings. The van der Waals surface area contributed by atoms with E-state index in [0.717, 1.165) is 23.1 Å². The summed E-state index contributed by atoms with van der Waals surface area (Å²) in [6, 6.07) is -0.367. The zero-order valence-corrected chi connectivity index (χ0v) is 11.8. The number of carboxylic acids is 1. The Hall–Kier alpha value is -1.35. The average molecular weight is 290 g/mol. The zero-order chi connectivity index (χ0) is 13.8. The molecule has 0 unspecified atom stereocenters. The maximum absolute atomic E-state index is 11.5. The maximum Gasteiger partial charge on any atom is 0.321 e. The molecule has 18 heavy (non-hydrogen) atoms. The van der Waals surface area contributed by atoms with Crippen molar-refractivity contribution >= 4 is 40.2 Å². The number of hydrogen-bond acceptors (Lipinski definition) is 6. The van der Waals surface area contributed by atoms with Gasteiger partial charge in [0.05, 0.1) is 5.75 Å². The quantitative estimate of drug-likeness (QED) is 0.575. The number of aromatic nitrogens is 2. The Balaban J connectivity index is 2.48. The van der Waals surface area contributed by atoms with Gasteiger partial charge in [-0.25, -0.2) is 4.79 Å². The molecular weight excluding hydrogens is 276 g/mol. The Morgan fingerprint density at radius 1 is 1.39 bits per heavy atom. The summed E-state index contributed by atoms with van der Waals surface area (Å²) in [4.78, 5) is 21.9. The smallest absolute Gasteiger partial charge is 0.321 e. The lowest BCUT2D eigenvalue weighted by Crippen LogP contribution is -2.43. The number of hydrogen-bond donors (Lipinski definition) is 3. The van der Waals surface area contributed by atoms with Crippen LogP contribution in [0.25, 0.3) is 0 Å². The van der Waals surface area contributed by atoms with Crippen LogP contribution in [-0.2, 0) is 4.79 Å². The number of amides is 2. The number of carboxylic acid groups (broad SMARTS) is 1. The van der Waals surface area contributed by atoms with Gasteiger partial charge in [-0.1, -0.05) is 23.1 Å². The second-order valence-electron chi connectivity index (χ2n) is 4.38. The molecule has 0 atom stereocenters. The molecule has 2 amide bonds. The number of carbonyl (C=O) groups is 2. The summed E-state index contributed by atoms with van der Waals surface area (Å²) >= 11 is 2.20. The van der Waals surface area contributed by atoms with Crippen molar-refractivity contribution in [2.75, 3.05) is 11.1 Å². The van der Waals surface area contributed by atoms with Gasteiger partial charge in [0.2, 0.25) is 5.13 Å². The lowest BCUT2D eigenvalue weighted by atomic mass is 10.1. The van der Waals surface area contributed by atoms with Crippen LogP contribution in [0, 0.1) is 0 Å². The molecule has 0 aliphatic carbocycles. The number of urea groups is 1. The fraction of sp³-hybridized carbons (Fsp3) is 0.556. The van der Waals surface area contributed by atoms with Crippen molar-refractivity contribution in [1.82, 2.24) is 15.5 Å². The maximum atomic E-state index is 11.5. The molecule has 0 saturated heterocycles. The highest BCUT2D eigenvalue weighted by Gasteiger charge is 2.15. The van der Waals surface area contributed by atoms with Crippen LogP contribution in [-0.4, -0.2) is 38.6 Å². The van der Waals surface area contributed by atoms with Crippen molar-refractivity contribution in [3.63, 3.8) is 0 Å². The minimum Gasteiger partial charge on any atom is -0.481 e. The van der Waals surface area contributed by atoms with E-state index in [2.05, 4.69) is 20.8 Å². The highest BCUT2D eigenvalue weighted by molar-refractivity contribution is 8.01. The van der Waals surface area contributed by atoms with E-state index in [-0.39, 0.29) is 17.3 Å². The molecule has 0 aromatic carbocycles. The van der Waals surface area contributed by atoms with Gasteiger partial charge >= 0.3 is 12.0 Å². The van der Waals surface area contributed by atoms with Crippen LogP contribution in [0.2, 0.25) is 0 Å². The minimum atomic E-state index is -0.921. The summed E-state index contributed by atoms with van der Waals surface area (Å²) in [5, 5.41) is 21.6. The predicted molar refractivity (Wildman–Crippen MR) is 70.2 cm³/mol. The topological polar surface area (TPSA) is 104 Å². The average Bonchev–Trinajstić information content (AvgIpc) is 2.59. The van der Waals surface area contributed by atoms with Crippen molar-refractivity contribution in [2.45, 2.75) is 30.6 Å². The Morgan fingerprint density at radius 3 is 2.61 bits per heavy atom. The molecule has 1 aromatic heterocycles. The minimum absolute atomic E-state index is 0.0805. The van der Waals surface area contributed by atoms with Crippen LogP contribution < -0.4 is 10.6 Å². The van der Waals surface area contributed by atoms with Crippen molar-refractivity contribution < 1.29 is 14.7 Å². The molecule has 0 saturated carbocycles. The van der Waals surface area contributed by atoms with Crippen molar-refractivity contribution in [1.29, 1.82) is 0 Å². The van der Waals surface area contributed by atoms with Crippen LogP contribution in [0.1, 0.15) is 20.8 Å². The first-order chi connectivity index (χ1) is 8.26. The first-order valence-corrected chi connectivity index (χ1v) is 6.84. The van der Waals surface area contributed by atoms with Crippen LogP contribution in [0.5, 0.6) is 0 Å². The molecule has 100 valence electrons. The summed E-state index contributed by atoms with van der Waals surface area (Å²) in [7, 11) is 0. The van der Waals surface area contributed by atoms with Crippen molar-refractivity contribution in [3.05, 3.63) is 0 Å². The predicted octanol–water partition coefficient (Wildman–Crippen LogP) is 1.63. The van der Waals surface area contributed by atoms with E-state index in [1.165, 1.54) is 0 Å². The van der Waals surface area contributed by atoms with E-state index in [1.54, 1.807) is 0 Å². The molecule has 0 spiro atoms. The van der Waals surface area contributed by atoms with Gasteiger partial charge < -0.3 is 10.4 Å². The van der Waals surface area contributed by atoms with Gasteiger partial charge in [0.1, 0.15) is 0 Å². The lowest BCUT2D eigenvalue weighted by Gasteiger charge is -2.19. The highest BCUT2D eigenvalue weighted by atomic mass is 32.2. The largest absolute Gasteiger partial charge is 0.481 e. The molecule has 7 nitrogen and oxygen atoms in total. The third-order valence-electron chi connectivity index (χ3n) is 1.43. The van der Waals surface area contributed by atoms with Crippen LogP contribution in [0.15, 0.2) is 4.34 Å². The normalized spacial score (nSPS) is 11.1. The Morgan fingerprint density at radius 2 is 2.06 bits per heavy atom. The van der Waals surface area contributed by atoms with E-state index in [4.69, 9.17) is 5.11 Å². The molecule has 0 aliphatic rings. The number of aliphatic carboxylic acids is 1. The number of anilines is 1. The van der Waals surface area contributed by atoms with E-state index >= 15 is 0 Å². The van der Waals surface area contributed by atoms with E-state index in [0.29, 0.717) is 9.47 Å². The summed E-state index contributed by atoms with van der Waals surface area (Å²) in [6.07, 6.45) is 0. The molecule has 0 aliphatic heterocycles. The van der Waals surface area contributed by atoms with Gasteiger partial charge in [-0.05, 0) is 20.8 Å². The Labute approximate surface area is 112 Å². The molecule has 9 heteroatoms. The van der Waals surface area contributed by atoms with Gasteiger partial charge in [-0.3, -0.25) is 10.1 Å². The summed E-state index contributed by atoms with van der Waals surface area (Å²) in [6.45, 7) is 5.59. The van der Waals surface area contributed by atoms with Crippen LogP contribution in [0.4, 0.5) is 9.93 Å². The number of thioether (sulfide) groups is 1. The fourth-order valence-corrected chi connectivity index (χ4v) is 2.38. The molecule has 1 heterocycles. The van der Waals surface area contributed by atoms with E-state index in [1.807, 2.05) is 20.8 Å². The summed E-state index contributed by atoms with van der Waals surface area (Å²) in [5.74, 6) is -1.00. The number of rotatable bonds is 4. The standard InChI is InChI=1S/C9H14N4O3S2/c1-9(2,3)11-6(16)10-7-12-13-8(18-7)17-4-5(14)15/h4H2,1-3H3,(H,14,15)(H2,10,11,12,16). The number of nitrogens with zero attached hydrogens (tertiary/aromatic N) is 2. The summed E-state index contributed by atoms with van der Waals surface area (Å²) < 4.78 is 0.503. The first kappa shape index (κ1) is 14.7. The third-order valence-corrected chi connectivity index (χ3v) is 3.39.